The van der Waals surface area contributed by atoms with Gasteiger partial charge >= 0.3 is 0 Å². The predicted molar refractivity (Wildman–Crippen MR) is 126 cm³/mol. The summed E-state index contributed by atoms with van der Waals surface area (Å²) in [6, 6.07) is 19.8. The molecule has 8 nitrogen and oxygen atoms in total. The van der Waals surface area contributed by atoms with E-state index in [0.29, 0.717) is 11.8 Å². The first kappa shape index (κ1) is 19.9. The van der Waals surface area contributed by atoms with Crippen LogP contribution in [0.4, 0.5) is 17.5 Å². The van der Waals surface area contributed by atoms with Crippen LogP contribution in [0.2, 0.25) is 5.28 Å². The minimum atomic E-state index is 0.192. The first-order valence-electron chi connectivity index (χ1n) is 10.1. The first-order chi connectivity index (χ1) is 15.7. The van der Waals surface area contributed by atoms with E-state index in [-0.39, 0.29) is 5.28 Å². The van der Waals surface area contributed by atoms with E-state index >= 15 is 0 Å². The van der Waals surface area contributed by atoms with Crippen LogP contribution in [0.25, 0.3) is 16.9 Å². The molecule has 5 rings (SSSR count). The smallest absolute Gasteiger partial charge is 0.224 e. The molecule has 0 radical (unpaired) electrons. The van der Waals surface area contributed by atoms with Gasteiger partial charge in [-0.25, -0.2) is 19.9 Å². The molecule has 0 bridgehead atoms. The maximum Gasteiger partial charge on any atom is 0.224 e. The number of rotatable bonds is 7. The van der Waals surface area contributed by atoms with Crippen molar-refractivity contribution in [2.24, 2.45) is 0 Å². The Balaban J connectivity index is 1.32. The Morgan fingerprint density at radius 2 is 1.75 bits per heavy atom. The van der Waals surface area contributed by atoms with Crippen molar-refractivity contribution in [2.45, 2.75) is 6.42 Å². The molecule has 0 amide bonds. The quantitative estimate of drug-likeness (QED) is 0.354. The van der Waals surface area contributed by atoms with Crippen molar-refractivity contribution in [3.63, 3.8) is 0 Å². The molecule has 0 aliphatic rings. The Labute approximate surface area is 189 Å². The molecule has 5 aromatic rings. The number of imidazole rings is 1. The maximum absolute atomic E-state index is 5.86. The Bertz CT molecular complexity index is 1350. The molecule has 32 heavy (non-hydrogen) atoms. The average molecular weight is 443 g/mol. The Morgan fingerprint density at radius 3 is 2.62 bits per heavy atom. The summed E-state index contributed by atoms with van der Waals surface area (Å²) in [6.45, 7) is 0.750. The zero-order valence-corrected chi connectivity index (χ0v) is 17.7. The maximum atomic E-state index is 5.86. The van der Waals surface area contributed by atoms with Crippen LogP contribution in [0.15, 0.2) is 79.4 Å². The highest BCUT2D eigenvalue weighted by molar-refractivity contribution is 6.28. The predicted octanol–water partition coefficient (Wildman–Crippen LogP) is 4.66. The van der Waals surface area contributed by atoms with E-state index in [2.05, 4.69) is 47.7 Å². The van der Waals surface area contributed by atoms with Crippen molar-refractivity contribution in [3.05, 3.63) is 90.2 Å². The number of nitrogens with zero attached hydrogens (tertiary/aromatic N) is 6. The molecule has 0 atom stereocenters. The minimum Gasteiger partial charge on any atom is -0.354 e. The minimum absolute atomic E-state index is 0.192. The van der Waals surface area contributed by atoms with Crippen molar-refractivity contribution in [3.8, 4) is 5.82 Å². The van der Waals surface area contributed by atoms with Crippen LogP contribution in [0.5, 0.6) is 0 Å². The highest BCUT2D eigenvalue weighted by atomic mass is 35.5. The standard InChI is InChI=1S/C23H19ClN8/c24-22-25-12-9-20(30-22)29-17-6-7-19-18(14-17)28-15-32(19)21-10-13-27-23(31-21)26-11-8-16-4-2-1-3-5-16/h1-7,9-10,12-15H,8,11H2,(H,25,29,30)(H,26,27,31). The number of hydrogen-bond acceptors (Lipinski definition) is 7. The van der Waals surface area contributed by atoms with Crippen molar-refractivity contribution < 1.29 is 0 Å². The Kier molecular flexibility index (Phi) is 5.59. The van der Waals surface area contributed by atoms with Gasteiger partial charge in [0, 0.05) is 24.6 Å². The molecule has 0 saturated carbocycles. The van der Waals surface area contributed by atoms with Crippen LogP contribution in [-0.2, 0) is 6.42 Å². The number of benzene rings is 2. The number of halogens is 1. The van der Waals surface area contributed by atoms with Gasteiger partial charge in [0.15, 0.2) is 0 Å². The van der Waals surface area contributed by atoms with Gasteiger partial charge < -0.3 is 10.6 Å². The number of anilines is 3. The largest absolute Gasteiger partial charge is 0.354 e. The highest BCUT2D eigenvalue weighted by Gasteiger charge is 2.09. The monoisotopic (exact) mass is 442 g/mol. The summed E-state index contributed by atoms with van der Waals surface area (Å²) in [7, 11) is 0. The van der Waals surface area contributed by atoms with Gasteiger partial charge in [0.2, 0.25) is 11.2 Å². The third kappa shape index (κ3) is 4.50. The molecule has 158 valence electrons. The van der Waals surface area contributed by atoms with E-state index in [0.717, 1.165) is 35.5 Å². The average Bonchev–Trinajstić information content (AvgIpc) is 3.23. The number of nitrogens with one attached hydrogen (secondary N) is 2. The number of hydrogen-bond donors (Lipinski definition) is 2. The lowest BCUT2D eigenvalue weighted by Crippen LogP contribution is -2.09. The van der Waals surface area contributed by atoms with Gasteiger partial charge in [-0.2, -0.15) is 4.98 Å². The van der Waals surface area contributed by atoms with Crippen molar-refractivity contribution in [1.82, 2.24) is 29.5 Å². The van der Waals surface area contributed by atoms with Crippen molar-refractivity contribution in [1.29, 1.82) is 0 Å². The van der Waals surface area contributed by atoms with Crippen molar-refractivity contribution >= 4 is 40.1 Å². The van der Waals surface area contributed by atoms with Crippen LogP contribution >= 0.6 is 11.6 Å². The summed E-state index contributed by atoms with van der Waals surface area (Å²) >= 11 is 5.86. The molecule has 0 unspecified atom stereocenters. The second kappa shape index (κ2) is 8.99. The summed E-state index contributed by atoms with van der Waals surface area (Å²) in [5.41, 5.74) is 3.88. The second-order valence-electron chi connectivity index (χ2n) is 7.05. The molecule has 9 heteroatoms. The lowest BCUT2D eigenvalue weighted by atomic mass is 10.1. The third-order valence-electron chi connectivity index (χ3n) is 4.87. The number of fused-ring (bicyclic) bond motifs is 1. The second-order valence-corrected chi connectivity index (χ2v) is 7.39. The van der Waals surface area contributed by atoms with Gasteiger partial charge in [-0.3, -0.25) is 4.57 Å². The summed E-state index contributed by atoms with van der Waals surface area (Å²) in [6.07, 6.45) is 6.00. The van der Waals surface area contributed by atoms with E-state index in [1.807, 2.05) is 47.0 Å². The molecule has 0 aliphatic carbocycles. The van der Waals surface area contributed by atoms with E-state index < -0.39 is 0 Å². The van der Waals surface area contributed by atoms with Crippen LogP contribution in [0, 0.1) is 0 Å². The molecular formula is C23H19ClN8. The fourth-order valence-electron chi connectivity index (χ4n) is 3.36. The molecule has 0 aliphatic heterocycles. The SMILES string of the molecule is Clc1nccc(Nc2ccc3c(c2)ncn3-c2ccnc(NCCc3ccccc3)n2)n1. The molecule has 0 saturated heterocycles. The molecular weight excluding hydrogens is 424 g/mol. The van der Waals surface area contributed by atoms with Crippen LogP contribution in [-0.4, -0.2) is 36.0 Å². The molecule has 3 aromatic heterocycles. The highest BCUT2D eigenvalue weighted by Crippen LogP contribution is 2.23. The molecule has 0 spiro atoms. The number of aromatic nitrogens is 6. The molecule has 3 heterocycles. The Morgan fingerprint density at radius 1 is 0.875 bits per heavy atom. The molecule has 2 N–H and O–H groups in total. The van der Waals surface area contributed by atoms with E-state index in [4.69, 9.17) is 11.6 Å². The lowest BCUT2D eigenvalue weighted by molar-refractivity contribution is 0.953. The van der Waals surface area contributed by atoms with Gasteiger partial charge in [0.25, 0.3) is 0 Å². The normalized spacial score (nSPS) is 10.9. The van der Waals surface area contributed by atoms with Gasteiger partial charge in [0.1, 0.15) is 18.0 Å². The van der Waals surface area contributed by atoms with E-state index in [1.165, 1.54) is 5.56 Å². The first-order valence-corrected chi connectivity index (χ1v) is 10.5. The van der Waals surface area contributed by atoms with Crippen LogP contribution in [0.3, 0.4) is 0 Å². The summed E-state index contributed by atoms with van der Waals surface area (Å²) in [5, 5.41) is 6.70. The topological polar surface area (TPSA) is 93.4 Å². The summed E-state index contributed by atoms with van der Waals surface area (Å²) < 4.78 is 1.94. The molecule has 0 fully saturated rings. The van der Waals surface area contributed by atoms with Crippen LogP contribution < -0.4 is 10.6 Å². The van der Waals surface area contributed by atoms with Crippen LogP contribution in [0.1, 0.15) is 5.56 Å². The zero-order chi connectivity index (χ0) is 21.8. The lowest BCUT2D eigenvalue weighted by Gasteiger charge is -2.08. The van der Waals surface area contributed by atoms with E-state index in [1.54, 1.807) is 24.8 Å². The van der Waals surface area contributed by atoms with Gasteiger partial charge in [-0.15, -0.1) is 0 Å². The Hall–Kier alpha value is -4.04. The van der Waals surface area contributed by atoms with Gasteiger partial charge in [-0.05, 0) is 53.9 Å². The summed E-state index contributed by atoms with van der Waals surface area (Å²) in [4.78, 5) is 21.6. The summed E-state index contributed by atoms with van der Waals surface area (Å²) in [5.74, 6) is 1.94. The van der Waals surface area contributed by atoms with Gasteiger partial charge in [0.05, 0.1) is 11.0 Å². The van der Waals surface area contributed by atoms with Gasteiger partial charge in [-0.1, -0.05) is 30.3 Å². The molecule has 2 aromatic carbocycles. The zero-order valence-electron chi connectivity index (χ0n) is 17.0. The van der Waals surface area contributed by atoms with E-state index in [9.17, 15) is 0 Å². The van der Waals surface area contributed by atoms with Crippen molar-refractivity contribution in [2.75, 3.05) is 17.2 Å². The fraction of sp³-hybridized carbons (Fsp3) is 0.0870. The fourth-order valence-corrected chi connectivity index (χ4v) is 3.50. The third-order valence-corrected chi connectivity index (χ3v) is 5.06.